The fourth-order valence-corrected chi connectivity index (χ4v) is 2.23. The topological polar surface area (TPSA) is 58.9 Å². The van der Waals surface area contributed by atoms with Crippen LogP contribution in [-0.2, 0) is 12.8 Å². The largest absolute Gasteiger partial charge is 0.359 e. The standard InChI is InChI=1S/C14H24N2O2/c1-3-5-7-9-12-11-15-13(10-8-6-4-2)14(12)16(17)18/h11,15H,3-10H2,1-2H3. The molecule has 1 rings (SSSR count). The molecule has 0 unspecified atom stereocenters. The van der Waals surface area contributed by atoms with Crippen LogP contribution in [0.1, 0.15) is 63.6 Å². The highest BCUT2D eigenvalue weighted by molar-refractivity contribution is 5.45. The summed E-state index contributed by atoms with van der Waals surface area (Å²) in [6, 6.07) is 0. The van der Waals surface area contributed by atoms with Crippen LogP contribution < -0.4 is 0 Å². The molecule has 0 aliphatic carbocycles. The van der Waals surface area contributed by atoms with Gasteiger partial charge in [-0.3, -0.25) is 10.1 Å². The summed E-state index contributed by atoms with van der Waals surface area (Å²) in [4.78, 5) is 14.0. The van der Waals surface area contributed by atoms with Gasteiger partial charge in [-0.2, -0.15) is 0 Å². The maximum Gasteiger partial charge on any atom is 0.293 e. The summed E-state index contributed by atoms with van der Waals surface area (Å²) in [5, 5.41) is 11.2. The summed E-state index contributed by atoms with van der Waals surface area (Å²) in [5.41, 5.74) is 2.02. The van der Waals surface area contributed by atoms with Gasteiger partial charge < -0.3 is 4.98 Å². The normalized spacial score (nSPS) is 10.8. The number of rotatable bonds is 9. The van der Waals surface area contributed by atoms with Crippen molar-refractivity contribution < 1.29 is 4.92 Å². The van der Waals surface area contributed by atoms with Crippen molar-refractivity contribution in [1.29, 1.82) is 0 Å². The van der Waals surface area contributed by atoms with Gasteiger partial charge in [-0.25, -0.2) is 0 Å². The Hall–Kier alpha value is -1.32. The third-order valence-electron chi connectivity index (χ3n) is 3.27. The number of aromatic amines is 1. The van der Waals surface area contributed by atoms with Crippen LogP contribution >= 0.6 is 0 Å². The first-order chi connectivity index (χ1) is 8.70. The molecule has 1 heterocycles. The monoisotopic (exact) mass is 252 g/mol. The van der Waals surface area contributed by atoms with Gasteiger partial charge in [-0.15, -0.1) is 0 Å². The number of unbranched alkanes of at least 4 members (excludes halogenated alkanes) is 4. The molecule has 1 N–H and O–H groups in total. The zero-order chi connectivity index (χ0) is 13.4. The lowest BCUT2D eigenvalue weighted by Crippen LogP contribution is -1.97. The minimum atomic E-state index is -0.223. The van der Waals surface area contributed by atoms with Crippen molar-refractivity contribution in [2.45, 2.75) is 65.2 Å². The molecular formula is C14H24N2O2. The first-order valence-corrected chi connectivity index (χ1v) is 7.04. The molecule has 0 aliphatic rings. The van der Waals surface area contributed by atoms with Crippen LogP contribution in [0.25, 0.3) is 0 Å². The van der Waals surface area contributed by atoms with E-state index in [0.29, 0.717) is 5.69 Å². The molecule has 0 aromatic carbocycles. The Morgan fingerprint density at radius 3 is 2.28 bits per heavy atom. The first kappa shape index (κ1) is 14.7. The molecule has 0 atom stereocenters. The second kappa shape index (κ2) is 7.90. The minimum absolute atomic E-state index is 0.223. The number of nitro groups is 1. The number of nitrogens with zero attached hydrogens (tertiary/aromatic N) is 1. The quantitative estimate of drug-likeness (QED) is 0.402. The van der Waals surface area contributed by atoms with Crippen LogP contribution in [0.3, 0.4) is 0 Å². The SMILES string of the molecule is CCCCCc1c[nH]c(CCCCC)c1[N+](=O)[O-]. The molecule has 4 nitrogen and oxygen atoms in total. The van der Waals surface area contributed by atoms with Gasteiger partial charge in [0.15, 0.2) is 0 Å². The molecular weight excluding hydrogens is 228 g/mol. The number of aromatic nitrogens is 1. The second-order valence-electron chi connectivity index (χ2n) is 4.81. The van der Waals surface area contributed by atoms with E-state index in [2.05, 4.69) is 18.8 Å². The Balaban J connectivity index is 2.69. The molecule has 1 aromatic rings. The number of hydrogen-bond donors (Lipinski definition) is 1. The zero-order valence-corrected chi connectivity index (χ0v) is 11.5. The molecule has 18 heavy (non-hydrogen) atoms. The maximum absolute atomic E-state index is 11.2. The minimum Gasteiger partial charge on any atom is -0.359 e. The lowest BCUT2D eigenvalue weighted by Gasteiger charge is -2.00. The fourth-order valence-electron chi connectivity index (χ4n) is 2.23. The third-order valence-corrected chi connectivity index (χ3v) is 3.27. The van der Waals surface area contributed by atoms with Crippen molar-refractivity contribution in [1.82, 2.24) is 4.98 Å². The van der Waals surface area contributed by atoms with Gasteiger partial charge in [0.2, 0.25) is 0 Å². The van der Waals surface area contributed by atoms with E-state index in [1.165, 1.54) is 0 Å². The average molecular weight is 252 g/mol. The number of hydrogen-bond acceptors (Lipinski definition) is 2. The lowest BCUT2D eigenvalue weighted by atomic mass is 10.1. The van der Waals surface area contributed by atoms with Crippen molar-refractivity contribution >= 4 is 5.69 Å². The van der Waals surface area contributed by atoms with E-state index in [0.717, 1.165) is 62.6 Å². The van der Waals surface area contributed by atoms with Gasteiger partial charge in [0.1, 0.15) is 0 Å². The Kier molecular flexibility index (Phi) is 6.47. The summed E-state index contributed by atoms with van der Waals surface area (Å²) in [5.74, 6) is 0. The van der Waals surface area contributed by atoms with Gasteiger partial charge in [0.25, 0.3) is 5.69 Å². The van der Waals surface area contributed by atoms with Crippen LogP contribution in [0.5, 0.6) is 0 Å². The number of H-pyrrole nitrogens is 1. The Bertz CT molecular complexity index is 344. The maximum atomic E-state index is 11.2. The fraction of sp³-hybridized carbons (Fsp3) is 0.714. The van der Waals surface area contributed by atoms with Crippen LogP contribution in [-0.4, -0.2) is 9.91 Å². The molecule has 0 fully saturated rings. The summed E-state index contributed by atoms with van der Waals surface area (Å²) in [7, 11) is 0. The van der Waals surface area contributed by atoms with E-state index in [-0.39, 0.29) is 4.92 Å². The lowest BCUT2D eigenvalue weighted by molar-refractivity contribution is -0.386. The van der Waals surface area contributed by atoms with E-state index >= 15 is 0 Å². The van der Waals surface area contributed by atoms with Crippen LogP contribution in [0.4, 0.5) is 5.69 Å². The number of nitrogens with one attached hydrogen (secondary N) is 1. The van der Waals surface area contributed by atoms with Crippen LogP contribution in [0, 0.1) is 10.1 Å². The average Bonchev–Trinajstić information content (AvgIpc) is 2.73. The van der Waals surface area contributed by atoms with Crippen molar-refractivity contribution in [3.8, 4) is 0 Å². The van der Waals surface area contributed by atoms with E-state index < -0.39 is 0 Å². The molecule has 4 heteroatoms. The highest BCUT2D eigenvalue weighted by atomic mass is 16.6. The molecule has 1 aromatic heterocycles. The molecule has 0 bridgehead atoms. The molecule has 0 saturated carbocycles. The Morgan fingerprint density at radius 1 is 1.11 bits per heavy atom. The highest BCUT2D eigenvalue weighted by Crippen LogP contribution is 2.26. The summed E-state index contributed by atoms with van der Waals surface area (Å²) < 4.78 is 0. The molecule has 0 spiro atoms. The molecule has 102 valence electrons. The Morgan fingerprint density at radius 2 is 1.72 bits per heavy atom. The van der Waals surface area contributed by atoms with E-state index in [1.54, 1.807) is 0 Å². The van der Waals surface area contributed by atoms with Crippen LogP contribution in [0.15, 0.2) is 6.20 Å². The summed E-state index contributed by atoms with van der Waals surface area (Å²) in [6.07, 6.45) is 10.0. The van der Waals surface area contributed by atoms with Crippen molar-refractivity contribution in [2.75, 3.05) is 0 Å². The van der Waals surface area contributed by atoms with Gasteiger partial charge in [0.05, 0.1) is 10.6 Å². The van der Waals surface area contributed by atoms with Crippen molar-refractivity contribution in [2.24, 2.45) is 0 Å². The second-order valence-corrected chi connectivity index (χ2v) is 4.81. The predicted octanol–water partition coefficient (Wildman–Crippen LogP) is 4.39. The van der Waals surface area contributed by atoms with Gasteiger partial charge in [0, 0.05) is 11.8 Å². The summed E-state index contributed by atoms with van der Waals surface area (Å²) >= 11 is 0. The zero-order valence-electron chi connectivity index (χ0n) is 11.5. The van der Waals surface area contributed by atoms with Gasteiger partial charge in [-0.1, -0.05) is 39.5 Å². The highest BCUT2D eigenvalue weighted by Gasteiger charge is 2.20. The molecule has 0 radical (unpaired) electrons. The molecule has 0 amide bonds. The predicted molar refractivity (Wildman–Crippen MR) is 73.9 cm³/mol. The van der Waals surface area contributed by atoms with Crippen molar-refractivity contribution in [3.05, 3.63) is 27.6 Å². The van der Waals surface area contributed by atoms with Gasteiger partial charge >= 0.3 is 0 Å². The molecule has 0 saturated heterocycles. The smallest absolute Gasteiger partial charge is 0.293 e. The van der Waals surface area contributed by atoms with E-state index in [9.17, 15) is 10.1 Å². The van der Waals surface area contributed by atoms with Crippen molar-refractivity contribution in [3.63, 3.8) is 0 Å². The number of aryl methyl sites for hydroxylation is 2. The van der Waals surface area contributed by atoms with Crippen LogP contribution in [0.2, 0.25) is 0 Å². The molecule has 0 aliphatic heterocycles. The third kappa shape index (κ3) is 4.17. The van der Waals surface area contributed by atoms with E-state index in [4.69, 9.17) is 0 Å². The van der Waals surface area contributed by atoms with Gasteiger partial charge in [-0.05, 0) is 25.7 Å². The first-order valence-electron chi connectivity index (χ1n) is 7.04. The summed E-state index contributed by atoms with van der Waals surface area (Å²) in [6.45, 7) is 4.28. The Labute approximate surface area is 109 Å². The van der Waals surface area contributed by atoms with E-state index in [1.807, 2.05) is 6.20 Å².